The minimum atomic E-state index is -1.23. The standard InChI is InChI=1S/C24H26N2O10/c1-13(22(28)29)33-21-19(25-14(2)27)24(34-17-10-8-16(9-11-17)26(30)31)35-18-12-32-23(36-20(18)21)15-6-4-3-5-7-15/h3-11,13,18-21,23-24H,12H2,1-2H3,(H,25,27)(H,28,29)/t13?,18-,19-,20-,21-,23?,24-/m1/s1. The van der Waals surface area contributed by atoms with Gasteiger partial charge in [0.05, 0.1) is 11.5 Å². The molecule has 0 aliphatic carbocycles. The molecule has 12 nitrogen and oxygen atoms in total. The van der Waals surface area contributed by atoms with Crippen molar-refractivity contribution in [2.24, 2.45) is 0 Å². The van der Waals surface area contributed by atoms with E-state index in [1.807, 2.05) is 30.3 Å². The maximum atomic E-state index is 12.1. The average molecular weight is 502 g/mol. The molecule has 2 aliphatic rings. The Balaban J connectivity index is 1.63. The normalized spacial score (nSPS) is 28.4. The summed E-state index contributed by atoms with van der Waals surface area (Å²) in [6.07, 6.45) is -5.64. The number of fused-ring (bicyclic) bond motifs is 1. The van der Waals surface area contributed by atoms with Crippen LogP contribution < -0.4 is 10.1 Å². The Morgan fingerprint density at radius 2 is 1.83 bits per heavy atom. The molecule has 2 N–H and O–H groups in total. The molecule has 0 saturated carbocycles. The molecule has 2 saturated heterocycles. The highest BCUT2D eigenvalue weighted by Crippen LogP contribution is 2.36. The summed E-state index contributed by atoms with van der Waals surface area (Å²) in [7, 11) is 0. The van der Waals surface area contributed by atoms with Gasteiger partial charge < -0.3 is 34.1 Å². The van der Waals surface area contributed by atoms with Gasteiger partial charge in [-0.1, -0.05) is 30.3 Å². The quantitative estimate of drug-likeness (QED) is 0.405. The molecule has 2 fully saturated rings. The number of nitro groups is 1. The Kier molecular flexibility index (Phi) is 7.79. The minimum Gasteiger partial charge on any atom is -0.479 e. The molecule has 2 heterocycles. The average Bonchev–Trinajstić information content (AvgIpc) is 2.86. The molecule has 12 heteroatoms. The van der Waals surface area contributed by atoms with E-state index in [0.717, 1.165) is 5.56 Å². The number of benzene rings is 2. The number of nitro benzene ring substituents is 1. The first-order valence-corrected chi connectivity index (χ1v) is 11.3. The van der Waals surface area contributed by atoms with E-state index < -0.39 is 59.8 Å². The Morgan fingerprint density at radius 1 is 1.14 bits per heavy atom. The second-order valence-electron chi connectivity index (χ2n) is 8.40. The molecule has 2 unspecified atom stereocenters. The van der Waals surface area contributed by atoms with E-state index in [4.69, 9.17) is 23.7 Å². The van der Waals surface area contributed by atoms with Crippen LogP contribution in [0.3, 0.4) is 0 Å². The highest BCUT2D eigenvalue weighted by atomic mass is 16.8. The molecule has 2 aliphatic heterocycles. The second kappa shape index (κ2) is 11.0. The van der Waals surface area contributed by atoms with Gasteiger partial charge >= 0.3 is 5.97 Å². The van der Waals surface area contributed by atoms with Crippen molar-refractivity contribution in [2.45, 2.75) is 56.9 Å². The van der Waals surface area contributed by atoms with Gasteiger partial charge in [0.1, 0.15) is 30.1 Å². The third-order valence-corrected chi connectivity index (χ3v) is 5.79. The van der Waals surface area contributed by atoms with E-state index >= 15 is 0 Å². The number of hydrogen-bond donors (Lipinski definition) is 2. The molecule has 0 aromatic heterocycles. The van der Waals surface area contributed by atoms with Gasteiger partial charge in [-0.3, -0.25) is 14.9 Å². The Morgan fingerprint density at radius 3 is 2.44 bits per heavy atom. The number of carboxylic acid groups (broad SMARTS) is 1. The first-order valence-electron chi connectivity index (χ1n) is 11.3. The summed E-state index contributed by atoms with van der Waals surface area (Å²) in [6, 6.07) is 13.5. The summed E-state index contributed by atoms with van der Waals surface area (Å²) in [5.41, 5.74) is 0.629. The number of carbonyl (C=O) groups excluding carboxylic acids is 1. The predicted octanol–water partition coefficient (Wildman–Crippen LogP) is 2.18. The maximum absolute atomic E-state index is 12.1. The van der Waals surface area contributed by atoms with Crippen molar-refractivity contribution in [3.8, 4) is 5.75 Å². The van der Waals surface area contributed by atoms with Crippen LogP contribution in [-0.4, -0.2) is 65.3 Å². The zero-order valence-electron chi connectivity index (χ0n) is 19.5. The highest BCUT2D eigenvalue weighted by Gasteiger charge is 2.52. The van der Waals surface area contributed by atoms with Crippen LogP contribution in [0.2, 0.25) is 0 Å². The van der Waals surface area contributed by atoms with Gasteiger partial charge in [-0.25, -0.2) is 4.79 Å². The monoisotopic (exact) mass is 502 g/mol. The predicted molar refractivity (Wildman–Crippen MR) is 122 cm³/mol. The van der Waals surface area contributed by atoms with Crippen LogP contribution in [0.25, 0.3) is 0 Å². The number of aliphatic carboxylic acids is 1. The molecular weight excluding hydrogens is 476 g/mol. The molecule has 0 spiro atoms. The van der Waals surface area contributed by atoms with Crippen LogP contribution in [0.1, 0.15) is 25.7 Å². The van der Waals surface area contributed by atoms with Crippen molar-refractivity contribution in [1.82, 2.24) is 5.32 Å². The van der Waals surface area contributed by atoms with Crippen molar-refractivity contribution in [3.05, 3.63) is 70.3 Å². The molecule has 0 bridgehead atoms. The van der Waals surface area contributed by atoms with E-state index in [2.05, 4.69) is 5.32 Å². The zero-order chi connectivity index (χ0) is 25.8. The number of hydrogen-bond acceptors (Lipinski definition) is 9. The van der Waals surface area contributed by atoms with E-state index in [-0.39, 0.29) is 18.0 Å². The van der Waals surface area contributed by atoms with Gasteiger partial charge in [-0.05, 0) is 19.1 Å². The Bertz CT molecular complexity index is 1080. The van der Waals surface area contributed by atoms with E-state index in [9.17, 15) is 24.8 Å². The fraction of sp³-hybridized carbons (Fsp3) is 0.417. The number of nitrogens with zero attached hydrogens (tertiary/aromatic N) is 1. The minimum absolute atomic E-state index is 0.0818. The first-order chi connectivity index (χ1) is 17.2. The summed E-state index contributed by atoms with van der Waals surface area (Å²) in [4.78, 5) is 34.1. The molecule has 0 radical (unpaired) electrons. The fourth-order valence-corrected chi connectivity index (χ4v) is 4.08. The fourth-order valence-electron chi connectivity index (χ4n) is 4.08. The van der Waals surface area contributed by atoms with Crippen LogP contribution in [0, 0.1) is 10.1 Å². The largest absolute Gasteiger partial charge is 0.479 e. The zero-order valence-corrected chi connectivity index (χ0v) is 19.5. The first kappa shape index (κ1) is 25.5. The third-order valence-electron chi connectivity index (χ3n) is 5.79. The van der Waals surface area contributed by atoms with Crippen molar-refractivity contribution < 1.29 is 43.3 Å². The van der Waals surface area contributed by atoms with Crippen molar-refractivity contribution >= 4 is 17.6 Å². The Hall–Kier alpha value is -3.58. The van der Waals surface area contributed by atoms with Gasteiger partial charge in [-0.15, -0.1) is 0 Å². The molecule has 4 rings (SSSR count). The SMILES string of the molecule is CC(=O)N[C@H]1[C@H](Oc2ccc([N+](=O)[O-])cc2)O[C@@H]2COC(c3ccccc3)O[C@H]2[C@@H]1OC(C)C(=O)O. The number of nitrogens with one attached hydrogen (secondary N) is 1. The number of ether oxygens (including phenoxy) is 5. The lowest BCUT2D eigenvalue weighted by molar-refractivity contribution is -0.384. The molecule has 2 aromatic carbocycles. The van der Waals surface area contributed by atoms with Gasteiger partial charge in [0.2, 0.25) is 12.2 Å². The van der Waals surface area contributed by atoms with Gasteiger partial charge in [0, 0.05) is 24.6 Å². The lowest BCUT2D eigenvalue weighted by atomic mass is 9.95. The third kappa shape index (κ3) is 5.79. The van der Waals surface area contributed by atoms with Gasteiger partial charge in [0.15, 0.2) is 12.4 Å². The summed E-state index contributed by atoms with van der Waals surface area (Å²) in [5.74, 6) is -1.38. The molecule has 2 aromatic rings. The summed E-state index contributed by atoms with van der Waals surface area (Å²) in [6.45, 7) is 2.75. The number of carboxylic acids is 1. The van der Waals surface area contributed by atoms with Crippen LogP contribution >= 0.6 is 0 Å². The molecular formula is C24H26N2O10. The van der Waals surface area contributed by atoms with Crippen molar-refractivity contribution in [2.75, 3.05) is 6.61 Å². The van der Waals surface area contributed by atoms with Crippen LogP contribution in [-0.2, 0) is 28.5 Å². The molecule has 7 atom stereocenters. The molecule has 1 amide bonds. The number of amides is 1. The van der Waals surface area contributed by atoms with E-state index in [1.54, 1.807) is 0 Å². The van der Waals surface area contributed by atoms with E-state index in [1.165, 1.54) is 38.1 Å². The Labute approximate surface area is 206 Å². The lowest BCUT2D eigenvalue weighted by Gasteiger charge is -2.49. The van der Waals surface area contributed by atoms with E-state index in [0.29, 0.717) is 0 Å². The summed E-state index contributed by atoms with van der Waals surface area (Å²) < 4.78 is 30.0. The molecule has 192 valence electrons. The smallest absolute Gasteiger partial charge is 0.332 e. The van der Waals surface area contributed by atoms with Crippen LogP contribution in [0.15, 0.2) is 54.6 Å². The lowest BCUT2D eigenvalue weighted by Crippen LogP contribution is -2.68. The second-order valence-corrected chi connectivity index (χ2v) is 8.40. The van der Waals surface area contributed by atoms with Gasteiger partial charge in [-0.2, -0.15) is 0 Å². The summed E-state index contributed by atoms with van der Waals surface area (Å²) >= 11 is 0. The molecule has 36 heavy (non-hydrogen) atoms. The number of non-ortho nitro benzene ring substituents is 1. The van der Waals surface area contributed by atoms with Crippen molar-refractivity contribution in [1.29, 1.82) is 0 Å². The van der Waals surface area contributed by atoms with Gasteiger partial charge in [0.25, 0.3) is 5.69 Å². The maximum Gasteiger partial charge on any atom is 0.332 e. The van der Waals surface area contributed by atoms with Crippen LogP contribution in [0.4, 0.5) is 5.69 Å². The topological polar surface area (TPSA) is 156 Å². The van der Waals surface area contributed by atoms with Crippen LogP contribution in [0.5, 0.6) is 5.75 Å². The highest BCUT2D eigenvalue weighted by molar-refractivity contribution is 5.73. The summed E-state index contributed by atoms with van der Waals surface area (Å²) in [5, 5.41) is 23.2. The number of rotatable bonds is 8. The van der Waals surface area contributed by atoms with Crippen molar-refractivity contribution in [3.63, 3.8) is 0 Å². The number of carbonyl (C=O) groups is 2.